The minimum Gasteiger partial charge on any atom is -0.465 e. The van der Waals surface area contributed by atoms with E-state index in [2.05, 4.69) is 0 Å². The second-order valence-electron chi connectivity index (χ2n) is 3.97. The Kier molecular flexibility index (Phi) is 3.74. The molecule has 0 aromatic rings. The summed E-state index contributed by atoms with van der Waals surface area (Å²) in [5.74, 6) is -0.537. The number of rotatable bonds is 3. The summed E-state index contributed by atoms with van der Waals surface area (Å²) < 4.78 is 4.95. The molecule has 0 aliphatic carbocycles. The van der Waals surface area contributed by atoms with Gasteiger partial charge in [-0.2, -0.15) is 0 Å². The number of carboxylic acid groups (broad SMARTS) is 1. The first-order valence-corrected chi connectivity index (χ1v) is 5.40. The molecule has 1 aliphatic rings. The second kappa shape index (κ2) is 4.69. The van der Waals surface area contributed by atoms with Crippen molar-refractivity contribution in [1.29, 1.82) is 0 Å². The summed E-state index contributed by atoms with van der Waals surface area (Å²) in [5.41, 5.74) is 4.58. The summed E-state index contributed by atoms with van der Waals surface area (Å²) in [6, 6.07) is -0.579. The maximum atomic E-state index is 11.9. The van der Waals surface area contributed by atoms with Gasteiger partial charge in [0.05, 0.1) is 6.61 Å². The molecule has 1 heterocycles. The van der Waals surface area contributed by atoms with Gasteiger partial charge in [0.1, 0.15) is 0 Å². The molecule has 6 heteroatoms. The molecule has 0 aromatic heterocycles. The van der Waals surface area contributed by atoms with E-state index in [1.165, 1.54) is 0 Å². The lowest BCUT2D eigenvalue weighted by atomic mass is 9.89. The molecule has 0 radical (unpaired) electrons. The van der Waals surface area contributed by atoms with Gasteiger partial charge in [-0.1, -0.05) is 0 Å². The number of carbonyl (C=O) groups excluding carboxylic acids is 1. The average molecular weight is 230 g/mol. The predicted octanol–water partition coefficient (Wildman–Crippen LogP) is 0.409. The van der Waals surface area contributed by atoms with Gasteiger partial charge in [-0.05, 0) is 26.7 Å². The number of amides is 1. The highest BCUT2D eigenvalue weighted by atomic mass is 16.5. The van der Waals surface area contributed by atoms with Crippen molar-refractivity contribution in [2.75, 3.05) is 13.2 Å². The number of hydrogen-bond donors (Lipinski definition) is 2. The third-order valence-corrected chi connectivity index (χ3v) is 3.03. The molecule has 1 aliphatic heterocycles. The Morgan fingerprint density at radius 2 is 2.25 bits per heavy atom. The van der Waals surface area contributed by atoms with Gasteiger partial charge < -0.3 is 15.6 Å². The van der Waals surface area contributed by atoms with Crippen LogP contribution < -0.4 is 5.73 Å². The van der Waals surface area contributed by atoms with Crippen molar-refractivity contribution in [3.8, 4) is 0 Å². The van der Waals surface area contributed by atoms with Crippen molar-refractivity contribution in [2.45, 2.75) is 38.3 Å². The van der Waals surface area contributed by atoms with E-state index in [1.54, 1.807) is 13.8 Å². The normalized spacial score (nSPS) is 26.6. The molecule has 1 fully saturated rings. The van der Waals surface area contributed by atoms with E-state index in [0.29, 0.717) is 19.4 Å². The van der Waals surface area contributed by atoms with Crippen molar-refractivity contribution >= 4 is 12.1 Å². The Morgan fingerprint density at radius 1 is 1.62 bits per heavy atom. The zero-order valence-electron chi connectivity index (χ0n) is 9.60. The summed E-state index contributed by atoms with van der Waals surface area (Å²) in [5, 5.41) is 9.08. The first-order valence-electron chi connectivity index (χ1n) is 5.40. The van der Waals surface area contributed by atoms with Crippen LogP contribution in [0.1, 0.15) is 26.7 Å². The molecule has 2 unspecified atom stereocenters. The quantitative estimate of drug-likeness (QED) is 0.685. The first kappa shape index (κ1) is 12.8. The van der Waals surface area contributed by atoms with Crippen LogP contribution in [0.5, 0.6) is 0 Å². The van der Waals surface area contributed by atoms with Crippen LogP contribution in [-0.4, -0.2) is 46.8 Å². The van der Waals surface area contributed by atoms with Gasteiger partial charge in [-0.3, -0.25) is 4.90 Å². The van der Waals surface area contributed by atoms with Crippen molar-refractivity contribution in [3.63, 3.8) is 0 Å². The van der Waals surface area contributed by atoms with E-state index in [-0.39, 0.29) is 6.61 Å². The number of ether oxygens (including phenoxy) is 1. The molecular weight excluding hydrogens is 212 g/mol. The fraction of sp³-hybridized carbons (Fsp3) is 0.800. The summed E-state index contributed by atoms with van der Waals surface area (Å²) >= 11 is 0. The molecule has 92 valence electrons. The van der Waals surface area contributed by atoms with Crippen molar-refractivity contribution < 1.29 is 19.4 Å². The molecular formula is C10H18N2O4. The lowest BCUT2D eigenvalue weighted by Gasteiger charge is -2.37. The molecule has 2 atom stereocenters. The predicted molar refractivity (Wildman–Crippen MR) is 57.0 cm³/mol. The molecule has 0 bridgehead atoms. The van der Waals surface area contributed by atoms with E-state index in [4.69, 9.17) is 15.6 Å². The zero-order chi connectivity index (χ0) is 12.3. The van der Waals surface area contributed by atoms with Gasteiger partial charge in [0, 0.05) is 12.6 Å². The van der Waals surface area contributed by atoms with Crippen molar-refractivity contribution in [2.24, 2.45) is 5.73 Å². The smallest absolute Gasteiger partial charge is 0.408 e. The third kappa shape index (κ3) is 1.84. The molecule has 1 saturated heterocycles. The summed E-state index contributed by atoms with van der Waals surface area (Å²) in [4.78, 5) is 24.1. The second-order valence-corrected chi connectivity index (χ2v) is 3.97. The fourth-order valence-electron chi connectivity index (χ4n) is 2.24. The molecule has 0 spiro atoms. The Hall–Kier alpha value is -1.30. The van der Waals surface area contributed by atoms with Crippen LogP contribution in [-0.2, 0) is 9.53 Å². The summed E-state index contributed by atoms with van der Waals surface area (Å²) in [6.07, 6.45) is -0.0644. The van der Waals surface area contributed by atoms with Gasteiger partial charge in [-0.25, -0.2) is 9.59 Å². The van der Waals surface area contributed by atoms with E-state index < -0.39 is 23.6 Å². The van der Waals surface area contributed by atoms with Crippen LogP contribution in [0.15, 0.2) is 0 Å². The first-order chi connectivity index (χ1) is 7.46. The van der Waals surface area contributed by atoms with Crippen molar-refractivity contribution in [1.82, 2.24) is 4.90 Å². The van der Waals surface area contributed by atoms with Crippen LogP contribution >= 0.6 is 0 Å². The van der Waals surface area contributed by atoms with Gasteiger partial charge in [0.2, 0.25) is 0 Å². The van der Waals surface area contributed by atoms with Crippen molar-refractivity contribution in [3.05, 3.63) is 0 Å². The number of nitrogens with two attached hydrogens (primary N) is 1. The van der Waals surface area contributed by atoms with Crippen LogP contribution in [0.4, 0.5) is 4.79 Å². The lowest BCUT2D eigenvalue weighted by Crippen LogP contribution is -2.62. The third-order valence-electron chi connectivity index (χ3n) is 3.03. The molecule has 6 nitrogen and oxygen atoms in total. The molecule has 1 amide bonds. The van der Waals surface area contributed by atoms with E-state index in [0.717, 1.165) is 4.90 Å². The minimum atomic E-state index is -1.21. The van der Waals surface area contributed by atoms with Gasteiger partial charge >= 0.3 is 12.1 Å². The standard InChI is InChI=1S/C10H18N2O4/c1-3-16-8(13)10(7(2)11)5-4-6-12(10)9(14)15/h7H,3-6,11H2,1-2H3,(H,14,15). The van der Waals surface area contributed by atoms with Gasteiger partial charge in [0.15, 0.2) is 5.54 Å². The minimum absolute atomic E-state index is 0.223. The maximum absolute atomic E-state index is 11.9. The Morgan fingerprint density at radius 3 is 2.69 bits per heavy atom. The number of nitrogens with zero attached hydrogens (tertiary/aromatic N) is 1. The summed E-state index contributed by atoms with van der Waals surface area (Å²) in [7, 11) is 0. The summed E-state index contributed by atoms with van der Waals surface area (Å²) in [6.45, 7) is 3.88. The maximum Gasteiger partial charge on any atom is 0.408 e. The number of hydrogen-bond acceptors (Lipinski definition) is 4. The monoisotopic (exact) mass is 230 g/mol. The Bertz CT molecular complexity index is 293. The highest BCUT2D eigenvalue weighted by molar-refractivity contribution is 5.87. The SMILES string of the molecule is CCOC(=O)C1(C(C)N)CCCN1C(=O)O. The number of esters is 1. The van der Waals surface area contributed by atoms with Crippen LogP contribution in [0.25, 0.3) is 0 Å². The zero-order valence-corrected chi connectivity index (χ0v) is 9.60. The van der Waals surface area contributed by atoms with Crippen LogP contribution in [0, 0.1) is 0 Å². The van der Waals surface area contributed by atoms with E-state index >= 15 is 0 Å². The molecule has 16 heavy (non-hydrogen) atoms. The number of carbonyl (C=O) groups is 2. The Labute approximate surface area is 94.3 Å². The molecule has 1 rings (SSSR count). The molecule has 3 N–H and O–H groups in total. The van der Waals surface area contributed by atoms with Gasteiger partial charge in [-0.15, -0.1) is 0 Å². The van der Waals surface area contributed by atoms with Crippen LogP contribution in [0.2, 0.25) is 0 Å². The Balaban J connectivity index is 3.04. The van der Waals surface area contributed by atoms with E-state index in [9.17, 15) is 9.59 Å². The van der Waals surface area contributed by atoms with E-state index in [1.807, 2.05) is 0 Å². The highest BCUT2D eigenvalue weighted by Crippen LogP contribution is 2.33. The molecule has 0 aromatic carbocycles. The fourth-order valence-corrected chi connectivity index (χ4v) is 2.24. The van der Waals surface area contributed by atoms with Crippen LogP contribution in [0.3, 0.4) is 0 Å². The number of likely N-dealkylation sites (tertiary alicyclic amines) is 1. The highest BCUT2D eigenvalue weighted by Gasteiger charge is 2.53. The van der Waals surface area contributed by atoms with Gasteiger partial charge in [0.25, 0.3) is 0 Å². The average Bonchev–Trinajstić information content (AvgIpc) is 2.62. The largest absolute Gasteiger partial charge is 0.465 e. The lowest BCUT2D eigenvalue weighted by molar-refractivity contribution is -0.156. The molecule has 0 saturated carbocycles. The topological polar surface area (TPSA) is 92.9 Å².